The number of hydrogen-bond donors (Lipinski definition) is 3. The summed E-state index contributed by atoms with van der Waals surface area (Å²) in [5.74, 6) is -0.420. The van der Waals surface area contributed by atoms with E-state index in [1.165, 1.54) is 0 Å². The number of ether oxygens (including phenoxy) is 1. The van der Waals surface area contributed by atoms with E-state index < -0.39 is 29.5 Å². The van der Waals surface area contributed by atoms with Crippen LogP contribution in [-0.2, 0) is 19.1 Å². The Morgan fingerprint density at radius 2 is 1.89 bits per heavy atom. The number of carbonyl (C=O) groups excluding carboxylic acids is 4. The third kappa shape index (κ3) is 7.41. The molecule has 190 valence electrons. The molecule has 1 aromatic rings. The van der Waals surface area contributed by atoms with E-state index in [9.17, 15) is 19.2 Å². The summed E-state index contributed by atoms with van der Waals surface area (Å²) < 4.78 is 5.54. The molecule has 2 heterocycles. The van der Waals surface area contributed by atoms with Crippen LogP contribution in [0.4, 0.5) is 4.79 Å². The van der Waals surface area contributed by atoms with Gasteiger partial charge in [0, 0.05) is 12.5 Å². The lowest BCUT2D eigenvalue weighted by Gasteiger charge is -2.29. The third-order valence-corrected chi connectivity index (χ3v) is 6.83. The molecule has 2 unspecified atom stereocenters. The molecule has 3 rings (SSSR count). The van der Waals surface area contributed by atoms with Gasteiger partial charge in [-0.25, -0.2) is 4.79 Å². The molecular formula is C27H37N3O5. The fraction of sp³-hybridized carbons (Fsp3) is 0.556. The number of cyclic esters (lactones) is 1. The predicted octanol–water partition coefficient (Wildman–Crippen LogP) is 3.23. The SMILES string of the molecule is CC(C)C[C@@H]1NC(=O)OCC(c2ccccc2)CC/C=C/CC2(CCNC2=O)C[C@@H](C=O)NC1=O. The quantitative estimate of drug-likeness (QED) is 0.449. The Labute approximate surface area is 207 Å². The Morgan fingerprint density at radius 1 is 1.11 bits per heavy atom. The van der Waals surface area contributed by atoms with E-state index in [1.54, 1.807) is 0 Å². The van der Waals surface area contributed by atoms with Gasteiger partial charge in [-0.1, -0.05) is 56.3 Å². The second-order valence-electron chi connectivity index (χ2n) is 10.0. The standard InChI is InChI=1S/C27H37N3O5/c1-19(2)15-23-24(32)29-22(17-31)16-27(13-14-28-25(27)33)12-8-4-7-11-21(18-35-26(34)30-23)20-9-5-3-6-10-20/h3-6,8-10,17,19,21-23H,7,11-16,18H2,1-2H3,(H,28,33)(H,29,32)(H,30,34)/b8-4+/t21?,22-,23-,27?/m0/s1. The van der Waals surface area contributed by atoms with Gasteiger partial charge in [-0.3, -0.25) is 9.59 Å². The van der Waals surface area contributed by atoms with Gasteiger partial charge >= 0.3 is 6.09 Å². The molecule has 8 heteroatoms. The van der Waals surface area contributed by atoms with Crippen LogP contribution in [-0.4, -0.2) is 49.4 Å². The second kappa shape index (κ2) is 12.5. The lowest BCUT2D eigenvalue weighted by Crippen LogP contribution is -2.52. The van der Waals surface area contributed by atoms with E-state index in [-0.39, 0.29) is 30.8 Å². The lowest BCUT2D eigenvalue weighted by atomic mass is 9.77. The minimum atomic E-state index is -0.846. The molecule has 1 saturated heterocycles. The first-order chi connectivity index (χ1) is 16.8. The van der Waals surface area contributed by atoms with Crippen molar-refractivity contribution in [3.63, 3.8) is 0 Å². The van der Waals surface area contributed by atoms with Crippen LogP contribution in [0.3, 0.4) is 0 Å². The molecule has 35 heavy (non-hydrogen) atoms. The normalized spacial score (nSPS) is 29.7. The number of carbonyl (C=O) groups is 4. The summed E-state index contributed by atoms with van der Waals surface area (Å²) in [6, 6.07) is 8.21. The topological polar surface area (TPSA) is 114 Å². The average molecular weight is 484 g/mol. The molecule has 1 fully saturated rings. The maximum Gasteiger partial charge on any atom is 0.407 e. The van der Waals surface area contributed by atoms with Crippen molar-refractivity contribution in [1.82, 2.24) is 16.0 Å². The van der Waals surface area contributed by atoms with E-state index in [1.807, 2.05) is 56.3 Å². The van der Waals surface area contributed by atoms with Crippen molar-refractivity contribution in [2.45, 2.75) is 70.4 Å². The van der Waals surface area contributed by atoms with Crippen LogP contribution in [0.15, 0.2) is 42.5 Å². The molecule has 3 amide bonds. The number of nitrogens with one attached hydrogen (secondary N) is 3. The lowest BCUT2D eigenvalue weighted by molar-refractivity contribution is -0.130. The largest absolute Gasteiger partial charge is 0.449 e. The van der Waals surface area contributed by atoms with E-state index in [4.69, 9.17) is 4.74 Å². The third-order valence-electron chi connectivity index (χ3n) is 6.83. The smallest absolute Gasteiger partial charge is 0.407 e. The molecule has 2 aliphatic rings. The highest BCUT2D eigenvalue weighted by Gasteiger charge is 2.43. The van der Waals surface area contributed by atoms with Gasteiger partial charge in [-0.2, -0.15) is 0 Å². The molecule has 0 radical (unpaired) electrons. The Bertz CT molecular complexity index is 917. The molecular weight excluding hydrogens is 446 g/mol. The van der Waals surface area contributed by atoms with Crippen LogP contribution in [0.2, 0.25) is 0 Å². The predicted molar refractivity (Wildman–Crippen MR) is 133 cm³/mol. The number of allylic oxidation sites excluding steroid dienone is 2. The minimum absolute atomic E-state index is 0.0000594. The van der Waals surface area contributed by atoms with Crippen LogP contribution in [0.1, 0.15) is 63.9 Å². The monoisotopic (exact) mass is 483 g/mol. The zero-order valence-corrected chi connectivity index (χ0v) is 20.6. The number of hydrogen-bond acceptors (Lipinski definition) is 5. The summed E-state index contributed by atoms with van der Waals surface area (Å²) in [5.41, 5.74) is 0.331. The molecule has 8 nitrogen and oxygen atoms in total. The number of aldehydes is 1. The highest BCUT2D eigenvalue weighted by Crippen LogP contribution is 2.36. The maximum absolute atomic E-state index is 13.1. The molecule has 2 aliphatic heterocycles. The van der Waals surface area contributed by atoms with Crippen molar-refractivity contribution in [2.75, 3.05) is 13.2 Å². The van der Waals surface area contributed by atoms with Crippen molar-refractivity contribution in [1.29, 1.82) is 0 Å². The van der Waals surface area contributed by atoms with Crippen molar-refractivity contribution < 1.29 is 23.9 Å². The van der Waals surface area contributed by atoms with Crippen LogP contribution < -0.4 is 16.0 Å². The Morgan fingerprint density at radius 3 is 2.54 bits per heavy atom. The Hall–Kier alpha value is -3.16. The average Bonchev–Trinajstić information content (AvgIpc) is 3.19. The van der Waals surface area contributed by atoms with E-state index in [2.05, 4.69) is 16.0 Å². The molecule has 0 aliphatic carbocycles. The molecule has 0 bridgehead atoms. The number of alkyl carbamates (subject to hydrolysis) is 1. The highest BCUT2D eigenvalue weighted by molar-refractivity contribution is 5.89. The summed E-state index contributed by atoms with van der Waals surface area (Å²) in [4.78, 5) is 50.4. The van der Waals surface area contributed by atoms with Gasteiger partial charge in [0.15, 0.2) is 0 Å². The highest BCUT2D eigenvalue weighted by atomic mass is 16.5. The van der Waals surface area contributed by atoms with Gasteiger partial charge in [-0.05, 0) is 50.0 Å². The van der Waals surface area contributed by atoms with Gasteiger partial charge in [0.2, 0.25) is 11.8 Å². The zero-order chi connectivity index (χ0) is 25.3. The Kier molecular flexibility index (Phi) is 9.46. The maximum atomic E-state index is 13.1. The van der Waals surface area contributed by atoms with Crippen molar-refractivity contribution in [3.05, 3.63) is 48.0 Å². The van der Waals surface area contributed by atoms with E-state index in [0.717, 1.165) is 18.4 Å². The van der Waals surface area contributed by atoms with Crippen LogP contribution in [0, 0.1) is 11.3 Å². The van der Waals surface area contributed by atoms with Crippen molar-refractivity contribution in [2.24, 2.45) is 11.3 Å². The first-order valence-electron chi connectivity index (χ1n) is 12.5. The minimum Gasteiger partial charge on any atom is -0.449 e. The van der Waals surface area contributed by atoms with Crippen LogP contribution >= 0.6 is 0 Å². The second-order valence-corrected chi connectivity index (χ2v) is 10.0. The summed E-state index contributed by atoms with van der Waals surface area (Å²) in [6.07, 6.45) is 7.27. The van der Waals surface area contributed by atoms with Crippen molar-refractivity contribution >= 4 is 24.2 Å². The van der Waals surface area contributed by atoms with Crippen LogP contribution in [0.5, 0.6) is 0 Å². The first kappa shape index (κ1) is 26.4. The fourth-order valence-corrected chi connectivity index (χ4v) is 4.89. The summed E-state index contributed by atoms with van der Waals surface area (Å²) in [7, 11) is 0. The van der Waals surface area contributed by atoms with Gasteiger partial charge in [-0.15, -0.1) is 0 Å². The van der Waals surface area contributed by atoms with Gasteiger partial charge < -0.3 is 25.5 Å². The van der Waals surface area contributed by atoms with Crippen LogP contribution in [0.25, 0.3) is 0 Å². The van der Waals surface area contributed by atoms with Gasteiger partial charge in [0.05, 0.1) is 11.5 Å². The number of rotatable bonds is 4. The Balaban J connectivity index is 1.86. The molecule has 4 atom stereocenters. The molecule has 0 saturated carbocycles. The zero-order valence-electron chi connectivity index (χ0n) is 20.6. The van der Waals surface area contributed by atoms with E-state index in [0.29, 0.717) is 32.1 Å². The molecule has 1 spiro atoms. The fourth-order valence-electron chi connectivity index (χ4n) is 4.89. The summed E-state index contributed by atoms with van der Waals surface area (Å²) in [6.45, 7) is 4.63. The van der Waals surface area contributed by atoms with E-state index >= 15 is 0 Å². The molecule has 1 aromatic carbocycles. The summed E-state index contributed by atoms with van der Waals surface area (Å²) in [5, 5.41) is 8.32. The molecule has 0 aromatic heterocycles. The van der Waals surface area contributed by atoms with Gasteiger partial charge in [0.25, 0.3) is 0 Å². The van der Waals surface area contributed by atoms with Gasteiger partial charge in [0.1, 0.15) is 18.9 Å². The molecule has 3 N–H and O–H groups in total. The number of amides is 3. The number of benzene rings is 1. The summed E-state index contributed by atoms with van der Waals surface area (Å²) >= 11 is 0. The van der Waals surface area contributed by atoms with Crippen molar-refractivity contribution in [3.8, 4) is 0 Å². The first-order valence-corrected chi connectivity index (χ1v) is 12.5.